The minimum Gasteiger partial charge on any atom is -0.255 e. The third-order valence-electron chi connectivity index (χ3n) is 3.28. The molecular formula is C18H14F2NP. The van der Waals surface area contributed by atoms with Gasteiger partial charge in [0.05, 0.1) is 0 Å². The SMILES string of the molecule is FC(F)c1ccc(P(c2ccccc2)c2ccccc2)cn1. The number of hydrogen-bond donors (Lipinski definition) is 0. The number of nitrogens with zero attached hydrogens (tertiary/aromatic N) is 1. The highest BCUT2D eigenvalue weighted by Crippen LogP contribution is 2.32. The number of rotatable bonds is 4. The fourth-order valence-corrected chi connectivity index (χ4v) is 4.49. The predicted molar refractivity (Wildman–Crippen MR) is 87.9 cm³/mol. The van der Waals surface area contributed by atoms with E-state index in [2.05, 4.69) is 29.2 Å². The molecule has 0 aliphatic rings. The minimum absolute atomic E-state index is 0.181. The smallest absolute Gasteiger partial charge is 0.255 e. The molecule has 0 amide bonds. The van der Waals surface area contributed by atoms with Gasteiger partial charge in [-0.25, -0.2) is 8.78 Å². The summed E-state index contributed by atoms with van der Waals surface area (Å²) < 4.78 is 25.4. The third kappa shape index (κ3) is 3.20. The summed E-state index contributed by atoms with van der Waals surface area (Å²) in [6.07, 6.45) is -0.957. The van der Waals surface area contributed by atoms with Crippen molar-refractivity contribution in [1.29, 1.82) is 0 Å². The number of pyridine rings is 1. The van der Waals surface area contributed by atoms with E-state index in [1.165, 1.54) is 16.7 Å². The van der Waals surface area contributed by atoms with Crippen LogP contribution in [0.2, 0.25) is 0 Å². The molecule has 3 aromatic rings. The largest absolute Gasteiger partial charge is 0.280 e. The van der Waals surface area contributed by atoms with Crippen molar-refractivity contribution < 1.29 is 8.78 Å². The molecule has 0 spiro atoms. The van der Waals surface area contributed by atoms with E-state index in [-0.39, 0.29) is 5.69 Å². The maximum Gasteiger partial charge on any atom is 0.280 e. The van der Waals surface area contributed by atoms with E-state index in [4.69, 9.17) is 0 Å². The summed E-state index contributed by atoms with van der Waals surface area (Å²) in [7, 11) is -0.785. The van der Waals surface area contributed by atoms with Crippen molar-refractivity contribution >= 4 is 23.8 Å². The topological polar surface area (TPSA) is 12.9 Å². The molecule has 1 aromatic heterocycles. The molecule has 0 fully saturated rings. The molecule has 0 bridgehead atoms. The summed E-state index contributed by atoms with van der Waals surface area (Å²) in [5, 5.41) is 3.32. The maximum atomic E-state index is 12.7. The van der Waals surface area contributed by atoms with Crippen LogP contribution < -0.4 is 15.9 Å². The summed E-state index contributed by atoms with van der Waals surface area (Å²) in [4.78, 5) is 3.92. The second-order valence-electron chi connectivity index (χ2n) is 4.75. The van der Waals surface area contributed by atoms with Crippen molar-refractivity contribution in [2.24, 2.45) is 0 Å². The van der Waals surface area contributed by atoms with Gasteiger partial charge in [0.2, 0.25) is 0 Å². The van der Waals surface area contributed by atoms with Gasteiger partial charge >= 0.3 is 0 Å². The second-order valence-corrected chi connectivity index (χ2v) is 6.97. The average Bonchev–Trinajstić information content (AvgIpc) is 2.57. The molecule has 0 unspecified atom stereocenters. The van der Waals surface area contributed by atoms with E-state index < -0.39 is 14.3 Å². The van der Waals surface area contributed by atoms with Crippen LogP contribution in [0.1, 0.15) is 12.1 Å². The zero-order valence-electron chi connectivity index (χ0n) is 11.7. The Bertz CT molecular complexity index is 676. The van der Waals surface area contributed by atoms with E-state index in [0.29, 0.717) is 0 Å². The molecule has 3 rings (SSSR count). The predicted octanol–water partition coefficient (Wildman–Crippen LogP) is 3.78. The van der Waals surface area contributed by atoms with Crippen LogP contribution >= 0.6 is 7.92 Å². The van der Waals surface area contributed by atoms with Gasteiger partial charge in [0.25, 0.3) is 6.43 Å². The number of benzene rings is 2. The molecule has 0 atom stereocenters. The molecule has 0 saturated heterocycles. The first-order chi connectivity index (χ1) is 10.8. The van der Waals surface area contributed by atoms with E-state index >= 15 is 0 Å². The Labute approximate surface area is 129 Å². The first-order valence-electron chi connectivity index (χ1n) is 6.90. The van der Waals surface area contributed by atoms with Gasteiger partial charge in [-0.3, -0.25) is 4.98 Å². The quantitative estimate of drug-likeness (QED) is 0.668. The highest BCUT2D eigenvalue weighted by atomic mass is 31.1. The van der Waals surface area contributed by atoms with Crippen LogP contribution in [0.5, 0.6) is 0 Å². The van der Waals surface area contributed by atoms with Crippen molar-refractivity contribution in [2.75, 3.05) is 0 Å². The molecule has 22 heavy (non-hydrogen) atoms. The monoisotopic (exact) mass is 313 g/mol. The lowest BCUT2D eigenvalue weighted by atomic mass is 10.3. The number of hydrogen-bond acceptors (Lipinski definition) is 1. The molecule has 1 heterocycles. The zero-order chi connectivity index (χ0) is 15.4. The molecule has 0 radical (unpaired) electrons. The summed E-state index contributed by atoms with van der Waals surface area (Å²) in [6.45, 7) is 0. The minimum atomic E-state index is -2.53. The summed E-state index contributed by atoms with van der Waals surface area (Å²) in [5.41, 5.74) is -0.181. The number of aromatic nitrogens is 1. The molecule has 0 aliphatic carbocycles. The molecule has 2 aromatic carbocycles. The first kappa shape index (κ1) is 14.8. The summed E-state index contributed by atoms with van der Waals surface area (Å²) in [5.74, 6) is 0. The summed E-state index contributed by atoms with van der Waals surface area (Å²) in [6, 6.07) is 23.4. The van der Waals surface area contributed by atoms with Gasteiger partial charge in [-0.15, -0.1) is 0 Å². The van der Waals surface area contributed by atoms with E-state index in [1.54, 1.807) is 12.3 Å². The molecule has 4 heteroatoms. The molecule has 0 saturated carbocycles. The van der Waals surface area contributed by atoms with Crippen molar-refractivity contribution in [3.63, 3.8) is 0 Å². The van der Waals surface area contributed by atoms with Gasteiger partial charge < -0.3 is 0 Å². The van der Waals surface area contributed by atoms with E-state index in [0.717, 1.165) is 5.30 Å². The van der Waals surface area contributed by atoms with Crippen LogP contribution in [0.4, 0.5) is 8.78 Å². The van der Waals surface area contributed by atoms with Crippen LogP contribution in [-0.4, -0.2) is 4.98 Å². The van der Waals surface area contributed by atoms with Gasteiger partial charge in [0, 0.05) is 11.5 Å². The lowest BCUT2D eigenvalue weighted by Gasteiger charge is -2.19. The van der Waals surface area contributed by atoms with Crippen LogP contribution in [0, 0.1) is 0 Å². The standard InChI is InChI=1S/C18H14F2NP/c19-18(20)17-12-11-16(13-21-17)22(14-7-3-1-4-8-14)15-9-5-2-6-10-15/h1-13,18H. The Morgan fingerprint density at radius 3 is 1.64 bits per heavy atom. The van der Waals surface area contributed by atoms with Gasteiger partial charge in [-0.05, 0) is 24.6 Å². The lowest BCUT2D eigenvalue weighted by Crippen LogP contribution is -2.21. The maximum absolute atomic E-state index is 12.7. The van der Waals surface area contributed by atoms with Crippen LogP contribution in [0.25, 0.3) is 0 Å². The zero-order valence-corrected chi connectivity index (χ0v) is 12.6. The molecular weight excluding hydrogens is 299 g/mol. The summed E-state index contributed by atoms with van der Waals surface area (Å²) >= 11 is 0. The van der Waals surface area contributed by atoms with Gasteiger partial charge in [-0.2, -0.15) is 0 Å². The normalized spacial score (nSPS) is 11.1. The Kier molecular flexibility index (Phi) is 4.55. The van der Waals surface area contributed by atoms with E-state index in [1.807, 2.05) is 36.4 Å². The fourth-order valence-electron chi connectivity index (χ4n) is 2.26. The van der Waals surface area contributed by atoms with Gasteiger partial charge in [0.15, 0.2) is 0 Å². The fraction of sp³-hybridized carbons (Fsp3) is 0.0556. The molecule has 0 aliphatic heterocycles. The molecule has 0 N–H and O–H groups in total. The van der Waals surface area contributed by atoms with Crippen molar-refractivity contribution in [3.05, 3.63) is 84.7 Å². The van der Waals surface area contributed by atoms with Crippen molar-refractivity contribution in [2.45, 2.75) is 6.43 Å². The van der Waals surface area contributed by atoms with E-state index in [9.17, 15) is 8.78 Å². The van der Waals surface area contributed by atoms with Crippen LogP contribution in [-0.2, 0) is 0 Å². The Balaban J connectivity index is 2.06. The number of halogens is 2. The molecule has 1 nitrogen and oxygen atoms in total. The Hall–Kier alpha value is -2.12. The van der Waals surface area contributed by atoms with Crippen LogP contribution in [0.3, 0.4) is 0 Å². The second kappa shape index (κ2) is 6.76. The van der Waals surface area contributed by atoms with Crippen molar-refractivity contribution in [1.82, 2.24) is 4.98 Å². The van der Waals surface area contributed by atoms with Gasteiger partial charge in [0.1, 0.15) is 5.69 Å². The van der Waals surface area contributed by atoms with Crippen LogP contribution in [0.15, 0.2) is 79.0 Å². The average molecular weight is 313 g/mol. The van der Waals surface area contributed by atoms with Gasteiger partial charge in [-0.1, -0.05) is 66.7 Å². The highest BCUT2D eigenvalue weighted by molar-refractivity contribution is 7.79. The van der Waals surface area contributed by atoms with Crippen molar-refractivity contribution in [3.8, 4) is 0 Å². The third-order valence-corrected chi connectivity index (χ3v) is 5.69. The lowest BCUT2D eigenvalue weighted by molar-refractivity contribution is 0.146. The number of alkyl halides is 2. The molecule has 110 valence electrons. The Morgan fingerprint density at radius 2 is 1.23 bits per heavy atom. The Morgan fingerprint density at radius 1 is 0.682 bits per heavy atom. The first-order valence-corrected chi connectivity index (χ1v) is 8.24. The highest BCUT2D eigenvalue weighted by Gasteiger charge is 2.17.